The van der Waals surface area contributed by atoms with Crippen LogP contribution in [0.1, 0.15) is 0 Å². The van der Waals surface area contributed by atoms with E-state index < -0.39 is 5.63 Å². The summed E-state index contributed by atoms with van der Waals surface area (Å²) in [4.78, 5) is 11.0. The Kier molecular flexibility index (Phi) is 1.89. The maximum absolute atomic E-state index is 11.0. The summed E-state index contributed by atoms with van der Waals surface area (Å²) in [6, 6.07) is 6.21. The van der Waals surface area contributed by atoms with Crippen LogP contribution in [0.3, 0.4) is 0 Å². The molecule has 0 amide bonds. The van der Waals surface area contributed by atoms with Gasteiger partial charge in [-0.15, -0.1) is 0 Å². The maximum Gasteiger partial charge on any atom is 0.339 e. The normalized spacial score (nSPS) is 10.4. The molecule has 0 atom stereocenters. The zero-order chi connectivity index (χ0) is 10.1. The predicted octanol–water partition coefficient (Wildman–Crippen LogP) is 1.54. The summed E-state index contributed by atoms with van der Waals surface area (Å²) in [7, 11) is 1.77. The van der Waals surface area contributed by atoms with Crippen LogP contribution in [-0.4, -0.2) is 12.2 Å². The third-order valence-corrected chi connectivity index (χ3v) is 2.01. The summed E-state index contributed by atoms with van der Waals surface area (Å²) in [6.07, 6.45) is 0. The summed E-state index contributed by atoms with van der Waals surface area (Å²) in [5.74, 6) is -0.0566. The van der Waals surface area contributed by atoms with Crippen molar-refractivity contribution < 1.29 is 9.52 Å². The molecular weight excluding hydrogens is 182 g/mol. The van der Waals surface area contributed by atoms with Gasteiger partial charge < -0.3 is 14.8 Å². The fourth-order valence-electron chi connectivity index (χ4n) is 1.30. The van der Waals surface area contributed by atoms with Crippen molar-refractivity contribution in [2.45, 2.75) is 0 Å². The molecule has 0 saturated carbocycles. The first-order chi connectivity index (χ1) is 6.70. The highest BCUT2D eigenvalue weighted by atomic mass is 16.4. The highest BCUT2D eigenvalue weighted by Crippen LogP contribution is 2.24. The zero-order valence-electron chi connectivity index (χ0n) is 7.57. The number of nitrogens with one attached hydrogen (secondary N) is 1. The van der Waals surface area contributed by atoms with E-state index in [9.17, 15) is 9.90 Å². The Bertz CT molecular complexity index is 530. The van der Waals surface area contributed by atoms with Crippen molar-refractivity contribution in [3.63, 3.8) is 0 Å². The Morgan fingerprint density at radius 2 is 2.14 bits per heavy atom. The number of anilines is 1. The topological polar surface area (TPSA) is 62.5 Å². The number of benzene rings is 1. The van der Waals surface area contributed by atoms with Crippen LogP contribution in [0.25, 0.3) is 11.0 Å². The van der Waals surface area contributed by atoms with Crippen LogP contribution in [0, 0.1) is 0 Å². The van der Waals surface area contributed by atoms with E-state index in [1.165, 1.54) is 0 Å². The largest absolute Gasteiger partial charge is 0.507 e. The van der Waals surface area contributed by atoms with Crippen molar-refractivity contribution in [2.75, 3.05) is 12.4 Å². The van der Waals surface area contributed by atoms with Gasteiger partial charge in [0.05, 0.1) is 11.5 Å². The van der Waals surface area contributed by atoms with E-state index in [0.717, 1.165) is 11.8 Å². The SMILES string of the molecule is CNc1ccc2c(O)cc(=O)oc2c1. The molecule has 2 aromatic rings. The molecule has 2 rings (SSSR count). The molecule has 0 radical (unpaired) electrons. The molecule has 1 aromatic carbocycles. The van der Waals surface area contributed by atoms with Gasteiger partial charge in [-0.05, 0) is 12.1 Å². The molecule has 0 aliphatic carbocycles. The van der Waals surface area contributed by atoms with Crippen molar-refractivity contribution in [2.24, 2.45) is 0 Å². The summed E-state index contributed by atoms with van der Waals surface area (Å²) in [5.41, 5.74) is 0.649. The summed E-state index contributed by atoms with van der Waals surface area (Å²) < 4.78 is 4.93. The van der Waals surface area contributed by atoms with E-state index in [2.05, 4.69) is 5.32 Å². The molecule has 14 heavy (non-hydrogen) atoms. The van der Waals surface area contributed by atoms with Crippen LogP contribution in [0.2, 0.25) is 0 Å². The first-order valence-corrected chi connectivity index (χ1v) is 4.15. The fraction of sp³-hybridized carbons (Fsp3) is 0.100. The van der Waals surface area contributed by atoms with Crippen molar-refractivity contribution in [1.82, 2.24) is 0 Å². The van der Waals surface area contributed by atoms with Crippen LogP contribution in [0.5, 0.6) is 5.75 Å². The molecule has 0 bridgehead atoms. The number of hydrogen-bond acceptors (Lipinski definition) is 4. The van der Waals surface area contributed by atoms with Gasteiger partial charge in [0.1, 0.15) is 11.3 Å². The van der Waals surface area contributed by atoms with Crippen LogP contribution < -0.4 is 10.9 Å². The van der Waals surface area contributed by atoms with Crippen molar-refractivity contribution in [1.29, 1.82) is 0 Å². The molecule has 0 aliphatic rings. The van der Waals surface area contributed by atoms with Gasteiger partial charge in [-0.25, -0.2) is 4.79 Å². The molecule has 1 heterocycles. The minimum atomic E-state index is -0.553. The Labute approximate surface area is 79.8 Å². The lowest BCUT2D eigenvalue weighted by Gasteiger charge is -2.02. The van der Waals surface area contributed by atoms with Crippen molar-refractivity contribution in [3.05, 3.63) is 34.7 Å². The zero-order valence-corrected chi connectivity index (χ0v) is 7.57. The number of aromatic hydroxyl groups is 1. The van der Waals surface area contributed by atoms with Crippen LogP contribution in [0.4, 0.5) is 5.69 Å². The average Bonchev–Trinajstić information content (AvgIpc) is 2.16. The van der Waals surface area contributed by atoms with Gasteiger partial charge >= 0.3 is 5.63 Å². The van der Waals surface area contributed by atoms with Gasteiger partial charge in [0.15, 0.2) is 0 Å². The van der Waals surface area contributed by atoms with E-state index in [1.807, 2.05) is 0 Å². The highest BCUT2D eigenvalue weighted by molar-refractivity contribution is 5.85. The summed E-state index contributed by atoms with van der Waals surface area (Å²) in [5, 5.41) is 12.9. The smallest absolute Gasteiger partial charge is 0.339 e. The number of hydrogen-bond donors (Lipinski definition) is 2. The van der Waals surface area contributed by atoms with Crippen LogP contribution in [0.15, 0.2) is 33.5 Å². The molecular formula is C10H9NO3. The van der Waals surface area contributed by atoms with Crippen molar-refractivity contribution >= 4 is 16.7 Å². The molecule has 72 valence electrons. The molecule has 4 nitrogen and oxygen atoms in total. The summed E-state index contributed by atoms with van der Waals surface area (Å²) >= 11 is 0. The first kappa shape index (κ1) is 8.62. The lowest BCUT2D eigenvalue weighted by molar-refractivity contribution is 0.468. The minimum Gasteiger partial charge on any atom is -0.507 e. The quantitative estimate of drug-likeness (QED) is 0.671. The molecule has 0 aliphatic heterocycles. The third-order valence-electron chi connectivity index (χ3n) is 2.01. The second kappa shape index (κ2) is 3.06. The first-order valence-electron chi connectivity index (χ1n) is 4.15. The summed E-state index contributed by atoms with van der Waals surface area (Å²) in [6.45, 7) is 0. The Morgan fingerprint density at radius 3 is 2.86 bits per heavy atom. The van der Waals surface area contributed by atoms with Gasteiger partial charge in [-0.2, -0.15) is 0 Å². The van der Waals surface area contributed by atoms with Crippen LogP contribution >= 0.6 is 0 Å². The monoisotopic (exact) mass is 191 g/mol. The average molecular weight is 191 g/mol. The van der Waals surface area contributed by atoms with Gasteiger partial charge in [-0.1, -0.05) is 0 Å². The molecule has 1 aromatic heterocycles. The standard InChI is InChI=1S/C10H9NO3/c1-11-6-2-3-7-8(12)5-10(13)14-9(7)4-6/h2-5,11-12H,1H3. The lowest BCUT2D eigenvalue weighted by atomic mass is 10.2. The third kappa shape index (κ3) is 1.31. The number of rotatable bonds is 1. The second-order valence-corrected chi connectivity index (χ2v) is 2.91. The molecule has 0 spiro atoms. The number of fused-ring (bicyclic) bond motifs is 1. The lowest BCUT2D eigenvalue weighted by Crippen LogP contribution is -1.96. The van der Waals surface area contributed by atoms with E-state index in [1.54, 1.807) is 25.2 Å². The Hall–Kier alpha value is -1.97. The maximum atomic E-state index is 11.0. The van der Waals surface area contributed by atoms with E-state index >= 15 is 0 Å². The van der Waals surface area contributed by atoms with E-state index in [4.69, 9.17) is 4.42 Å². The van der Waals surface area contributed by atoms with Gasteiger partial charge in [-0.3, -0.25) is 0 Å². The fourth-order valence-corrected chi connectivity index (χ4v) is 1.30. The van der Waals surface area contributed by atoms with Gasteiger partial charge in [0.25, 0.3) is 0 Å². The molecule has 4 heteroatoms. The van der Waals surface area contributed by atoms with E-state index in [0.29, 0.717) is 11.0 Å². The molecule has 0 fully saturated rings. The Morgan fingerprint density at radius 1 is 1.36 bits per heavy atom. The Balaban J connectivity index is 2.82. The van der Waals surface area contributed by atoms with Gasteiger partial charge in [0, 0.05) is 18.8 Å². The molecule has 0 saturated heterocycles. The van der Waals surface area contributed by atoms with Crippen molar-refractivity contribution in [3.8, 4) is 5.75 Å². The van der Waals surface area contributed by atoms with Gasteiger partial charge in [0.2, 0.25) is 0 Å². The molecule has 2 N–H and O–H groups in total. The predicted molar refractivity (Wildman–Crippen MR) is 53.7 cm³/mol. The minimum absolute atomic E-state index is 0.0566. The molecule has 0 unspecified atom stereocenters. The van der Waals surface area contributed by atoms with E-state index in [-0.39, 0.29) is 5.75 Å². The second-order valence-electron chi connectivity index (χ2n) is 2.91. The highest BCUT2D eigenvalue weighted by Gasteiger charge is 2.03. The van der Waals surface area contributed by atoms with Crippen LogP contribution in [-0.2, 0) is 0 Å².